The molecule has 4 rings (SSSR count). The fraction of sp³-hybridized carbons (Fsp3) is 0.217. The first-order valence-corrected chi connectivity index (χ1v) is 9.61. The number of aliphatic hydroxyl groups excluding tert-OH is 2. The van der Waals surface area contributed by atoms with Crippen LogP contribution in [0.1, 0.15) is 50.8 Å². The number of hydrogen-bond donors (Lipinski definition) is 6. The summed E-state index contributed by atoms with van der Waals surface area (Å²) in [5.41, 5.74) is -0.623. The highest BCUT2D eigenvalue weighted by Gasteiger charge is 2.36. The lowest BCUT2D eigenvalue weighted by Gasteiger charge is -2.22. The monoisotopic (exact) mass is 424 g/mol. The molecule has 0 aromatic heterocycles. The minimum atomic E-state index is -0.981. The highest BCUT2D eigenvalue weighted by molar-refractivity contribution is 6.32. The number of ketones is 2. The maximum absolute atomic E-state index is 13.1. The Morgan fingerprint density at radius 1 is 0.806 bits per heavy atom. The zero-order valence-electron chi connectivity index (χ0n) is 16.5. The molecule has 3 aromatic carbocycles. The third-order valence-corrected chi connectivity index (χ3v) is 5.39. The largest absolute Gasteiger partial charge is 0.508 e. The standard InChI is InChI=1S/C23H20O8/c1-9(24)2-12(25)3-10-4-13(26)5-11-6-15-20(22(30)18(10)11)23(31)19-16(21(15)29)7-14(27)8-17(19)28/h4-9,12,24-28,30H,2-3H2,1H3. The number of aliphatic hydroxyl groups is 2. The summed E-state index contributed by atoms with van der Waals surface area (Å²) in [7, 11) is 0. The normalized spacial score (nSPS) is 14.9. The van der Waals surface area contributed by atoms with Crippen LogP contribution < -0.4 is 0 Å². The Morgan fingerprint density at radius 2 is 1.45 bits per heavy atom. The first-order chi connectivity index (χ1) is 14.6. The van der Waals surface area contributed by atoms with Crippen molar-refractivity contribution in [1.29, 1.82) is 0 Å². The predicted octanol–water partition coefficient (Wildman–Crippen LogP) is 2.11. The van der Waals surface area contributed by atoms with Crippen molar-refractivity contribution in [3.05, 3.63) is 58.1 Å². The summed E-state index contributed by atoms with van der Waals surface area (Å²) in [6, 6.07) is 5.99. The summed E-state index contributed by atoms with van der Waals surface area (Å²) in [5, 5.41) is 61.2. The second-order valence-corrected chi connectivity index (χ2v) is 7.84. The number of hydrogen-bond acceptors (Lipinski definition) is 8. The van der Waals surface area contributed by atoms with Crippen LogP contribution in [0.3, 0.4) is 0 Å². The Morgan fingerprint density at radius 3 is 2.13 bits per heavy atom. The van der Waals surface area contributed by atoms with Crippen molar-refractivity contribution in [1.82, 2.24) is 0 Å². The maximum Gasteiger partial charge on any atom is 0.201 e. The van der Waals surface area contributed by atoms with Gasteiger partial charge in [-0.1, -0.05) is 0 Å². The van der Waals surface area contributed by atoms with Crippen LogP contribution >= 0.6 is 0 Å². The lowest BCUT2D eigenvalue weighted by atomic mass is 9.80. The average Bonchev–Trinajstić information content (AvgIpc) is 2.63. The molecule has 1 aliphatic carbocycles. The summed E-state index contributed by atoms with van der Waals surface area (Å²) in [5.74, 6) is -3.12. The average molecular weight is 424 g/mol. The van der Waals surface area contributed by atoms with Gasteiger partial charge in [-0.05, 0) is 55.0 Å². The fourth-order valence-corrected chi connectivity index (χ4v) is 4.19. The molecule has 31 heavy (non-hydrogen) atoms. The molecule has 8 nitrogen and oxygen atoms in total. The second-order valence-electron chi connectivity index (χ2n) is 7.84. The van der Waals surface area contributed by atoms with Gasteiger partial charge in [0.05, 0.1) is 23.3 Å². The number of fused-ring (bicyclic) bond motifs is 3. The summed E-state index contributed by atoms with van der Waals surface area (Å²) < 4.78 is 0. The van der Waals surface area contributed by atoms with Crippen molar-refractivity contribution in [2.75, 3.05) is 0 Å². The number of benzene rings is 3. The molecule has 3 aromatic rings. The Balaban J connectivity index is 1.96. The topological polar surface area (TPSA) is 156 Å². The van der Waals surface area contributed by atoms with Gasteiger partial charge >= 0.3 is 0 Å². The first-order valence-electron chi connectivity index (χ1n) is 9.61. The fourth-order valence-electron chi connectivity index (χ4n) is 4.19. The molecule has 0 aliphatic heterocycles. The predicted molar refractivity (Wildman–Crippen MR) is 110 cm³/mol. The van der Waals surface area contributed by atoms with Crippen LogP contribution in [0.25, 0.3) is 10.8 Å². The zero-order valence-corrected chi connectivity index (χ0v) is 16.5. The molecular formula is C23H20O8. The van der Waals surface area contributed by atoms with Gasteiger partial charge < -0.3 is 30.6 Å². The molecule has 0 radical (unpaired) electrons. The van der Waals surface area contributed by atoms with Crippen molar-refractivity contribution < 1.29 is 40.2 Å². The molecule has 0 fully saturated rings. The molecule has 0 spiro atoms. The molecule has 0 saturated carbocycles. The highest BCUT2D eigenvalue weighted by atomic mass is 16.3. The highest BCUT2D eigenvalue weighted by Crippen LogP contribution is 2.43. The smallest absolute Gasteiger partial charge is 0.201 e. The SMILES string of the molecule is CC(O)CC(O)Cc1cc(O)cc2cc3c(c(O)c12)C(=O)c1c(O)cc(O)cc1C3=O. The van der Waals surface area contributed by atoms with E-state index in [-0.39, 0.29) is 51.6 Å². The minimum Gasteiger partial charge on any atom is -0.508 e. The quantitative estimate of drug-likeness (QED) is 0.291. The van der Waals surface area contributed by atoms with Gasteiger partial charge in [-0.3, -0.25) is 9.59 Å². The zero-order chi connectivity index (χ0) is 22.6. The van der Waals surface area contributed by atoms with Crippen LogP contribution in [0.4, 0.5) is 0 Å². The van der Waals surface area contributed by atoms with Gasteiger partial charge in [-0.25, -0.2) is 0 Å². The number of carbonyl (C=O) groups is 2. The lowest BCUT2D eigenvalue weighted by Crippen LogP contribution is -2.21. The Hall–Kier alpha value is -3.62. The van der Waals surface area contributed by atoms with Crippen molar-refractivity contribution in [3.8, 4) is 23.0 Å². The van der Waals surface area contributed by atoms with Crippen LogP contribution in [-0.2, 0) is 6.42 Å². The van der Waals surface area contributed by atoms with E-state index in [0.29, 0.717) is 5.56 Å². The molecule has 0 amide bonds. The summed E-state index contributed by atoms with van der Waals surface area (Å²) in [6.45, 7) is 1.52. The first kappa shape index (κ1) is 20.6. The van der Waals surface area contributed by atoms with Crippen molar-refractivity contribution >= 4 is 22.3 Å². The maximum atomic E-state index is 13.1. The molecule has 0 bridgehead atoms. The van der Waals surface area contributed by atoms with Gasteiger partial charge in [0.15, 0.2) is 5.78 Å². The van der Waals surface area contributed by atoms with Crippen LogP contribution in [-0.4, -0.2) is 54.4 Å². The van der Waals surface area contributed by atoms with Crippen molar-refractivity contribution in [2.45, 2.75) is 32.0 Å². The van der Waals surface area contributed by atoms with Gasteiger partial charge in [0.25, 0.3) is 0 Å². The van der Waals surface area contributed by atoms with Crippen LogP contribution in [0.15, 0.2) is 30.3 Å². The Kier molecular flexibility index (Phi) is 4.83. The molecular weight excluding hydrogens is 404 g/mol. The van der Waals surface area contributed by atoms with E-state index in [0.717, 1.165) is 12.1 Å². The number of phenolic OH excluding ortho intramolecular Hbond substituents is 4. The van der Waals surface area contributed by atoms with Gasteiger partial charge in [0.2, 0.25) is 5.78 Å². The van der Waals surface area contributed by atoms with Gasteiger partial charge in [0, 0.05) is 22.6 Å². The van der Waals surface area contributed by atoms with E-state index < -0.39 is 41.0 Å². The van der Waals surface area contributed by atoms with Crippen LogP contribution in [0, 0.1) is 0 Å². The van der Waals surface area contributed by atoms with Crippen LogP contribution in [0.5, 0.6) is 23.0 Å². The lowest BCUT2D eigenvalue weighted by molar-refractivity contribution is 0.0910. The molecule has 2 atom stereocenters. The second kappa shape index (κ2) is 7.26. The Labute approximate surface area is 176 Å². The van der Waals surface area contributed by atoms with Crippen LogP contribution in [0.2, 0.25) is 0 Å². The van der Waals surface area contributed by atoms with E-state index >= 15 is 0 Å². The third kappa shape index (κ3) is 3.35. The van der Waals surface area contributed by atoms with E-state index in [1.165, 1.54) is 25.1 Å². The van der Waals surface area contributed by atoms with E-state index in [4.69, 9.17) is 0 Å². The molecule has 0 heterocycles. The molecule has 0 saturated heterocycles. The van der Waals surface area contributed by atoms with E-state index in [9.17, 15) is 40.2 Å². The molecule has 1 aliphatic rings. The third-order valence-electron chi connectivity index (χ3n) is 5.39. The van der Waals surface area contributed by atoms with Gasteiger partial charge in [-0.2, -0.15) is 0 Å². The van der Waals surface area contributed by atoms with Crippen molar-refractivity contribution in [3.63, 3.8) is 0 Å². The van der Waals surface area contributed by atoms with E-state index in [2.05, 4.69) is 0 Å². The molecule has 8 heteroatoms. The number of aromatic hydroxyl groups is 4. The number of rotatable bonds is 4. The number of phenols is 4. The van der Waals surface area contributed by atoms with Crippen molar-refractivity contribution in [2.24, 2.45) is 0 Å². The summed E-state index contributed by atoms with van der Waals surface area (Å²) in [4.78, 5) is 26.1. The molecule has 2 unspecified atom stereocenters. The molecule has 6 N–H and O–H groups in total. The number of carbonyl (C=O) groups excluding carboxylic acids is 2. The van der Waals surface area contributed by atoms with Gasteiger partial charge in [-0.15, -0.1) is 0 Å². The summed E-state index contributed by atoms with van der Waals surface area (Å²) >= 11 is 0. The minimum absolute atomic E-state index is 0.0278. The van der Waals surface area contributed by atoms with E-state index in [1.54, 1.807) is 0 Å². The molecule has 160 valence electrons. The summed E-state index contributed by atoms with van der Waals surface area (Å²) in [6.07, 6.45) is -1.72. The van der Waals surface area contributed by atoms with Gasteiger partial charge in [0.1, 0.15) is 23.0 Å². The van der Waals surface area contributed by atoms with E-state index in [1.807, 2.05) is 0 Å². The Bertz CT molecular complexity index is 1260.